The number of hydrogen-bond acceptors (Lipinski definition) is 2. The molecule has 0 spiro atoms. The van der Waals surface area contributed by atoms with Crippen molar-refractivity contribution < 1.29 is 0 Å². The van der Waals surface area contributed by atoms with Crippen LogP contribution in [0, 0.1) is 0 Å². The fourth-order valence-corrected chi connectivity index (χ4v) is 3.01. The number of aryl methyl sites for hydroxylation is 1. The lowest BCUT2D eigenvalue weighted by molar-refractivity contribution is 0.656. The molecule has 118 valence electrons. The Morgan fingerprint density at radius 1 is 1.05 bits per heavy atom. The summed E-state index contributed by atoms with van der Waals surface area (Å²) in [5.41, 5.74) is 9.50. The predicted molar refractivity (Wildman–Crippen MR) is 97.7 cm³/mol. The van der Waals surface area contributed by atoms with Crippen molar-refractivity contribution in [1.82, 2.24) is 9.88 Å². The molecule has 0 aliphatic rings. The summed E-state index contributed by atoms with van der Waals surface area (Å²) in [4.78, 5) is 0. The second kappa shape index (κ2) is 7.63. The smallest absolute Gasteiger partial charge is 0.0491 e. The molecule has 1 heterocycles. The molecule has 0 saturated heterocycles. The van der Waals surface area contributed by atoms with Gasteiger partial charge in [0.1, 0.15) is 0 Å². The number of fused-ring (bicyclic) bond motifs is 3. The summed E-state index contributed by atoms with van der Waals surface area (Å²) in [6.07, 6.45) is 1.03. The first-order valence-corrected chi connectivity index (χ1v) is 7.75. The highest BCUT2D eigenvalue weighted by molar-refractivity contribution is 6.08. The van der Waals surface area contributed by atoms with E-state index >= 15 is 0 Å². The molecule has 3 aromatic rings. The summed E-state index contributed by atoms with van der Waals surface area (Å²) in [5, 5.41) is 6.15. The Morgan fingerprint density at radius 3 is 2.59 bits per heavy atom. The van der Waals surface area contributed by atoms with E-state index in [1.165, 1.54) is 27.4 Å². The molecule has 0 fully saturated rings. The number of nitrogens with zero attached hydrogens (tertiary/aromatic N) is 1. The Kier molecular flexibility index (Phi) is 5.83. The highest BCUT2D eigenvalue weighted by Gasteiger charge is 2.09. The quantitative estimate of drug-likeness (QED) is 0.681. The average molecular weight is 318 g/mol. The van der Waals surface area contributed by atoms with Crippen LogP contribution in [0.3, 0.4) is 0 Å². The van der Waals surface area contributed by atoms with E-state index in [2.05, 4.69) is 59.3 Å². The summed E-state index contributed by atoms with van der Waals surface area (Å²) in [7, 11) is 0. The minimum absolute atomic E-state index is 0. The number of aromatic nitrogens is 1. The van der Waals surface area contributed by atoms with Crippen molar-refractivity contribution in [3.8, 4) is 0 Å². The monoisotopic (exact) mass is 317 g/mol. The summed E-state index contributed by atoms with van der Waals surface area (Å²) in [6, 6.07) is 15.4. The lowest BCUT2D eigenvalue weighted by atomic mass is 10.1. The van der Waals surface area contributed by atoms with Gasteiger partial charge in [0.15, 0.2) is 0 Å². The Labute approximate surface area is 137 Å². The SMILES string of the molecule is CCn1c2ccccc2c2cc(CNCCCN)ccc21.Cl. The molecule has 0 aliphatic heterocycles. The van der Waals surface area contributed by atoms with Crippen LogP contribution >= 0.6 is 12.4 Å². The fourth-order valence-electron chi connectivity index (χ4n) is 3.01. The summed E-state index contributed by atoms with van der Waals surface area (Å²) >= 11 is 0. The number of nitrogens with two attached hydrogens (primary N) is 1. The molecule has 0 unspecified atom stereocenters. The third-order valence-corrected chi connectivity index (χ3v) is 4.04. The Morgan fingerprint density at radius 2 is 1.82 bits per heavy atom. The van der Waals surface area contributed by atoms with E-state index in [0.29, 0.717) is 0 Å². The first kappa shape index (κ1) is 16.8. The molecule has 0 atom stereocenters. The van der Waals surface area contributed by atoms with E-state index in [1.807, 2.05) is 0 Å². The van der Waals surface area contributed by atoms with Crippen molar-refractivity contribution in [3.05, 3.63) is 48.0 Å². The average Bonchev–Trinajstić information content (AvgIpc) is 2.85. The molecule has 3 rings (SSSR count). The maximum absolute atomic E-state index is 5.52. The molecule has 3 nitrogen and oxygen atoms in total. The van der Waals surface area contributed by atoms with E-state index in [0.717, 1.165) is 32.6 Å². The number of benzene rings is 2. The summed E-state index contributed by atoms with van der Waals surface area (Å²) in [5.74, 6) is 0. The van der Waals surface area contributed by atoms with Crippen LogP contribution in [-0.2, 0) is 13.1 Å². The van der Waals surface area contributed by atoms with Crippen LogP contribution < -0.4 is 11.1 Å². The highest BCUT2D eigenvalue weighted by atomic mass is 35.5. The predicted octanol–water partition coefficient (Wildman–Crippen LogP) is 3.67. The van der Waals surface area contributed by atoms with Gasteiger partial charge < -0.3 is 15.6 Å². The van der Waals surface area contributed by atoms with Crippen LogP contribution in [0.5, 0.6) is 0 Å². The molecule has 2 aromatic carbocycles. The third kappa shape index (κ3) is 3.12. The Hall–Kier alpha value is -1.55. The second-order valence-electron chi connectivity index (χ2n) is 5.43. The number of halogens is 1. The van der Waals surface area contributed by atoms with Crippen LogP contribution in [0.4, 0.5) is 0 Å². The standard InChI is InChI=1S/C18H23N3.ClH/c1-2-21-17-7-4-3-6-15(17)16-12-14(8-9-18(16)21)13-20-11-5-10-19;/h3-4,6-9,12,20H,2,5,10-11,13,19H2,1H3;1H. The van der Waals surface area contributed by atoms with Gasteiger partial charge in [0.05, 0.1) is 0 Å². The number of nitrogens with one attached hydrogen (secondary N) is 1. The van der Waals surface area contributed by atoms with Gasteiger partial charge in [-0.3, -0.25) is 0 Å². The third-order valence-electron chi connectivity index (χ3n) is 4.04. The normalized spacial score (nSPS) is 11.0. The minimum Gasteiger partial charge on any atom is -0.341 e. The van der Waals surface area contributed by atoms with Gasteiger partial charge in [-0.1, -0.05) is 24.3 Å². The molecular formula is C18H24ClN3. The maximum atomic E-state index is 5.52. The largest absolute Gasteiger partial charge is 0.341 e. The van der Waals surface area contributed by atoms with Crippen molar-refractivity contribution in [2.24, 2.45) is 5.73 Å². The van der Waals surface area contributed by atoms with Crippen molar-refractivity contribution in [2.75, 3.05) is 13.1 Å². The number of para-hydroxylation sites is 1. The fraction of sp³-hybridized carbons (Fsp3) is 0.333. The Balaban J connectivity index is 0.00000176. The van der Waals surface area contributed by atoms with Crippen LogP contribution in [0.2, 0.25) is 0 Å². The van der Waals surface area contributed by atoms with Crippen molar-refractivity contribution in [2.45, 2.75) is 26.4 Å². The molecule has 1 aromatic heterocycles. The van der Waals surface area contributed by atoms with Gasteiger partial charge in [0.25, 0.3) is 0 Å². The lowest BCUT2D eigenvalue weighted by Crippen LogP contribution is -2.17. The van der Waals surface area contributed by atoms with Crippen molar-refractivity contribution in [3.63, 3.8) is 0 Å². The molecule has 3 N–H and O–H groups in total. The van der Waals surface area contributed by atoms with E-state index < -0.39 is 0 Å². The molecule has 0 amide bonds. The Bertz CT molecular complexity index is 749. The van der Waals surface area contributed by atoms with Crippen LogP contribution in [0.15, 0.2) is 42.5 Å². The van der Waals surface area contributed by atoms with E-state index in [4.69, 9.17) is 5.73 Å². The van der Waals surface area contributed by atoms with Gasteiger partial charge in [0, 0.05) is 34.9 Å². The van der Waals surface area contributed by atoms with E-state index in [9.17, 15) is 0 Å². The molecular weight excluding hydrogens is 294 g/mol. The minimum atomic E-state index is 0. The van der Waals surface area contributed by atoms with Gasteiger partial charge in [-0.05, 0) is 50.2 Å². The highest BCUT2D eigenvalue weighted by Crippen LogP contribution is 2.29. The first-order chi connectivity index (χ1) is 10.3. The molecule has 0 radical (unpaired) electrons. The molecule has 0 aliphatic carbocycles. The van der Waals surface area contributed by atoms with Gasteiger partial charge in [-0.2, -0.15) is 0 Å². The maximum Gasteiger partial charge on any atom is 0.0491 e. The zero-order valence-electron chi connectivity index (χ0n) is 13.0. The van der Waals surface area contributed by atoms with Crippen LogP contribution in [0.25, 0.3) is 21.8 Å². The molecule has 22 heavy (non-hydrogen) atoms. The second-order valence-corrected chi connectivity index (χ2v) is 5.43. The lowest BCUT2D eigenvalue weighted by Gasteiger charge is -2.06. The van der Waals surface area contributed by atoms with E-state index in [-0.39, 0.29) is 12.4 Å². The zero-order valence-corrected chi connectivity index (χ0v) is 13.8. The zero-order chi connectivity index (χ0) is 14.7. The topological polar surface area (TPSA) is 43.0 Å². The number of rotatable bonds is 6. The van der Waals surface area contributed by atoms with Crippen LogP contribution in [0.1, 0.15) is 18.9 Å². The summed E-state index contributed by atoms with van der Waals surface area (Å²) < 4.78 is 2.39. The van der Waals surface area contributed by atoms with Gasteiger partial charge in [-0.15, -0.1) is 12.4 Å². The molecule has 0 bridgehead atoms. The van der Waals surface area contributed by atoms with Gasteiger partial charge in [0.2, 0.25) is 0 Å². The number of hydrogen-bond donors (Lipinski definition) is 2. The molecule has 4 heteroatoms. The molecule has 0 saturated carbocycles. The van der Waals surface area contributed by atoms with Gasteiger partial charge in [-0.25, -0.2) is 0 Å². The van der Waals surface area contributed by atoms with E-state index in [1.54, 1.807) is 0 Å². The van der Waals surface area contributed by atoms with Gasteiger partial charge >= 0.3 is 0 Å². The van der Waals surface area contributed by atoms with Crippen molar-refractivity contribution >= 4 is 34.2 Å². The first-order valence-electron chi connectivity index (χ1n) is 7.75. The summed E-state index contributed by atoms with van der Waals surface area (Å²) in [6.45, 7) is 5.83. The van der Waals surface area contributed by atoms with Crippen molar-refractivity contribution in [1.29, 1.82) is 0 Å². The van der Waals surface area contributed by atoms with Crippen LogP contribution in [-0.4, -0.2) is 17.7 Å².